The van der Waals surface area contributed by atoms with E-state index >= 15 is 0 Å². The third kappa shape index (κ3) is 2.86. The van der Waals surface area contributed by atoms with Crippen LogP contribution in [0.4, 0.5) is 0 Å². The lowest BCUT2D eigenvalue weighted by atomic mass is 10.0. The van der Waals surface area contributed by atoms with E-state index < -0.39 is 0 Å². The summed E-state index contributed by atoms with van der Waals surface area (Å²) in [7, 11) is 0. The Morgan fingerprint density at radius 1 is 1.21 bits per heavy atom. The Balaban J connectivity index is 1.82. The van der Waals surface area contributed by atoms with Gasteiger partial charge in [0.25, 0.3) is 5.91 Å². The summed E-state index contributed by atoms with van der Waals surface area (Å²) in [6.07, 6.45) is 3.36. The molecule has 0 aromatic carbocycles. The van der Waals surface area contributed by atoms with Crippen LogP contribution in [-0.2, 0) is 4.79 Å². The van der Waals surface area contributed by atoms with Crippen LogP contribution in [0.1, 0.15) is 24.3 Å². The van der Waals surface area contributed by atoms with Gasteiger partial charge in [-0.25, -0.2) is 9.50 Å². The fourth-order valence-electron chi connectivity index (χ4n) is 3.14. The highest BCUT2D eigenvalue weighted by molar-refractivity contribution is 7.99. The second-order valence-corrected chi connectivity index (χ2v) is 6.81. The second kappa shape index (κ2) is 6.80. The van der Waals surface area contributed by atoms with Gasteiger partial charge in [0.1, 0.15) is 12.0 Å². The van der Waals surface area contributed by atoms with Gasteiger partial charge in [-0.15, -0.1) is 0 Å². The minimum Gasteiger partial charge on any atom is -0.335 e. The summed E-state index contributed by atoms with van der Waals surface area (Å²) in [5.74, 6) is 0.526. The van der Waals surface area contributed by atoms with Crippen LogP contribution in [0.15, 0.2) is 24.5 Å². The van der Waals surface area contributed by atoms with Gasteiger partial charge in [-0.05, 0) is 32.2 Å². The third-order valence-corrected chi connectivity index (χ3v) is 5.17. The molecule has 1 saturated heterocycles. The van der Waals surface area contributed by atoms with Crippen molar-refractivity contribution in [2.24, 2.45) is 0 Å². The zero-order valence-electron chi connectivity index (χ0n) is 14.0. The molecule has 0 spiro atoms. The molecule has 1 aliphatic rings. The largest absolute Gasteiger partial charge is 0.335 e. The van der Waals surface area contributed by atoms with Crippen molar-refractivity contribution in [1.29, 1.82) is 0 Å². The first-order chi connectivity index (χ1) is 11.5. The summed E-state index contributed by atoms with van der Waals surface area (Å²) in [5.41, 5.74) is 1.14. The smallest absolute Gasteiger partial charge is 0.272 e. The molecular formula is C16H21N5O2S. The summed E-state index contributed by atoms with van der Waals surface area (Å²) in [6, 6.07) is 5.30. The van der Waals surface area contributed by atoms with Gasteiger partial charge in [0.2, 0.25) is 5.91 Å². The minimum absolute atomic E-state index is 0.0164. The van der Waals surface area contributed by atoms with Gasteiger partial charge in [0, 0.05) is 25.2 Å². The van der Waals surface area contributed by atoms with Crippen molar-refractivity contribution in [1.82, 2.24) is 24.4 Å². The number of pyridine rings is 1. The molecule has 128 valence electrons. The van der Waals surface area contributed by atoms with Crippen LogP contribution in [0, 0.1) is 0 Å². The standard InChI is InChI=1S/C16H21N5O2S/c1-11-12(2)20(8-7-19(11)15(22)9-24-3)16(23)13-5-4-6-14-17-10-18-21(13)14/h4-6,10-12H,7-9H2,1-3H3/t11-,12-/m1/s1. The van der Waals surface area contributed by atoms with Crippen LogP contribution in [-0.4, -0.2) is 73.4 Å². The van der Waals surface area contributed by atoms with E-state index in [0.29, 0.717) is 30.2 Å². The molecule has 0 N–H and O–H groups in total. The van der Waals surface area contributed by atoms with Crippen molar-refractivity contribution in [2.45, 2.75) is 25.9 Å². The first kappa shape index (κ1) is 16.8. The maximum atomic E-state index is 13.0. The van der Waals surface area contributed by atoms with Crippen molar-refractivity contribution < 1.29 is 9.59 Å². The number of nitrogens with zero attached hydrogens (tertiary/aromatic N) is 5. The lowest BCUT2D eigenvalue weighted by molar-refractivity contribution is -0.133. The molecule has 0 aliphatic carbocycles. The van der Waals surface area contributed by atoms with Crippen LogP contribution in [0.3, 0.4) is 0 Å². The summed E-state index contributed by atoms with van der Waals surface area (Å²) in [4.78, 5) is 33.0. The number of hydrogen-bond donors (Lipinski definition) is 0. The molecule has 2 amide bonds. The lowest BCUT2D eigenvalue weighted by Crippen LogP contribution is -2.60. The lowest BCUT2D eigenvalue weighted by Gasteiger charge is -2.45. The molecule has 0 bridgehead atoms. The molecule has 8 heteroatoms. The highest BCUT2D eigenvalue weighted by Crippen LogP contribution is 2.20. The van der Waals surface area contributed by atoms with E-state index in [1.165, 1.54) is 18.1 Å². The number of carbonyl (C=O) groups excluding carboxylic acids is 2. The van der Waals surface area contributed by atoms with E-state index in [4.69, 9.17) is 0 Å². The van der Waals surface area contributed by atoms with Gasteiger partial charge in [-0.2, -0.15) is 16.9 Å². The van der Waals surface area contributed by atoms with Gasteiger partial charge < -0.3 is 9.80 Å². The Hall–Kier alpha value is -2.09. The fourth-order valence-corrected chi connectivity index (χ4v) is 3.56. The Kier molecular flexibility index (Phi) is 4.75. The Bertz CT molecular complexity index is 762. The van der Waals surface area contributed by atoms with Crippen LogP contribution < -0.4 is 0 Å². The zero-order valence-corrected chi connectivity index (χ0v) is 14.9. The summed E-state index contributed by atoms with van der Waals surface area (Å²) >= 11 is 1.52. The van der Waals surface area contributed by atoms with E-state index in [2.05, 4.69) is 10.1 Å². The van der Waals surface area contributed by atoms with Crippen LogP contribution in [0.5, 0.6) is 0 Å². The summed E-state index contributed by atoms with van der Waals surface area (Å²) in [6.45, 7) is 5.07. The van der Waals surface area contributed by atoms with Gasteiger partial charge in [0.05, 0.1) is 5.75 Å². The van der Waals surface area contributed by atoms with E-state index in [9.17, 15) is 9.59 Å². The Morgan fingerprint density at radius 3 is 2.67 bits per heavy atom. The molecule has 2 aromatic rings. The topological polar surface area (TPSA) is 70.8 Å². The number of amides is 2. The molecule has 24 heavy (non-hydrogen) atoms. The molecular weight excluding hydrogens is 326 g/mol. The Morgan fingerprint density at radius 2 is 1.92 bits per heavy atom. The molecule has 0 saturated carbocycles. The normalized spacial score (nSPS) is 21.3. The number of hydrogen-bond acceptors (Lipinski definition) is 5. The molecule has 1 fully saturated rings. The molecule has 2 aromatic heterocycles. The SMILES string of the molecule is CSCC(=O)N1CCN(C(=O)c2cccc3ncnn23)[C@H](C)[C@H]1C. The first-order valence-corrected chi connectivity index (χ1v) is 9.32. The average molecular weight is 347 g/mol. The summed E-state index contributed by atoms with van der Waals surface area (Å²) < 4.78 is 1.56. The van der Waals surface area contributed by atoms with Gasteiger partial charge in [-0.3, -0.25) is 9.59 Å². The maximum Gasteiger partial charge on any atom is 0.272 e. The predicted octanol–water partition coefficient (Wildman–Crippen LogP) is 1.15. The van der Waals surface area contributed by atoms with Crippen LogP contribution in [0.2, 0.25) is 0 Å². The third-order valence-electron chi connectivity index (χ3n) is 4.63. The van der Waals surface area contributed by atoms with Gasteiger partial charge >= 0.3 is 0 Å². The number of carbonyl (C=O) groups is 2. The molecule has 0 radical (unpaired) electrons. The average Bonchev–Trinajstić information content (AvgIpc) is 3.05. The predicted molar refractivity (Wildman–Crippen MR) is 93.0 cm³/mol. The van der Waals surface area contributed by atoms with Crippen molar-refractivity contribution in [3.63, 3.8) is 0 Å². The quantitative estimate of drug-likeness (QED) is 0.833. The highest BCUT2D eigenvalue weighted by atomic mass is 32.2. The highest BCUT2D eigenvalue weighted by Gasteiger charge is 2.36. The molecule has 1 aliphatic heterocycles. The molecule has 7 nitrogen and oxygen atoms in total. The maximum absolute atomic E-state index is 13.0. The second-order valence-electron chi connectivity index (χ2n) is 5.94. The van der Waals surface area contributed by atoms with Crippen molar-refractivity contribution in [3.05, 3.63) is 30.2 Å². The molecule has 0 unspecified atom stereocenters. The van der Waals surface area contributed by atoms with Gasteiger partial charge in [0.15, 0.2) is 5.65 Å². The number of piperazine rings is 1. The van der Waals surface area contributed by atoms with Crippen LogP contribution >= 0.6 is 11.8 Å². The monoisotopic (exact) mass is 347 g/mol. The van der Waals surface area contributed by atoms with E-state index in [0.717, 1.165) is 0 Å². The van der Waals surface area contributed by atoms with E-state index in [1.54, 1.807) is 10.6 Å². The van der Waals surface area contributed by atoms with Gasteiger partial charge in [-0.1, -0.05) is 6.07 Å². The summed E-state index contributed by atoms with van der Waals surface area (Å²) in [5, 5.41) is 4.14. The van der Waals surface area contributed by atoms with Crippen molar-refractivity contribution in [3.8, 4) is 0 Å². The van der Waals surface area contributed by atoms with E-state index in [1.807, 2.05) is 42.0 Å². The molecule has 3 rings (SSSR count). The van der Waals surface area contributed by atoms with E-state index in [-0.39, 0.29) is 23.9 Å². The van der Waals surface area contributed by atoms with Crippen molar-refractivity contribution >= 4 is 29.2 Å². The fraction of sp³-hybridized carbons (Fsp3) is 0.500. The number of thioether (sulfide) groups is 1. The number of fused-ring (bicyclic) bond motifs is 1. The molecule has 3 heterocycles. The zero-order chi connectivity index (χ0) is 17.3. The van der Waals surface area contributed by atoms with Crippen molar-refractivity contribution in [2.75, 3.05) is 25.1 Å². The van der Waals surface area contributed by atoms with Crippen LogP contribution in [0.25, 0.3) is 5.65 Å². The Labute approximate surface area is 145 Å². The first-order valence-electron chi connectivity index (χ1n) is 7.92. The molecule has 2 atom stereocenters. The number of aromatic nitrogens is 3. The minimum atomic E-state index is -0.0811. The number of rotatable bonds is 3.